The minimum Gasteiger partial charge on any atom is -0.294 e. The van der Waals surface area contributed by atoms with Gasteiger partial charge in [0.1, 0.15) is 0 Å². The Morgan fingerprint density at radius 3 is 2.36 bits per heavy atom. The van der Waals surface area contributed by atoms with Crippen LogP contribution in [0.5, 0.6) is 0 Å². The van der Waals surface area contributed by atoms with E-state index in [1.165, 1.54) is 5.56 Å². The highest BCUT2D eigenvalue weighted by Gasteiger charge is 2.15. The molecule has 0 amide bonds. The molecule has 112 valence electrons. The maximum absolute atomic E-state index is 12.9. The Labute approximate surface area is 130 Å². The number of H-pyrrole nitrogens is 1. The fourth-order valence-corrected chi connectivity index (χ4v) is 2.71. The van der Waals surface area contributed by atoms with Crippen LogP contribution in [-0.2, 0) is 6.42 Å². The molecule has 0 saturated carbocycles. The van der Waals surface area contributed by atoms with Crippen LogP contribution in [0.15, 0.2) is 53.3 Å². The highest BCUT2D eigenvalue weighted by atomic mass is 16.1. The van der Waals surface area contributed by atoms with Crippen LogP contribution in [0.1, 0.15) is 23.7 Å². The van der Waals surface area contributed by atoms with Crippen LogP contribution < -0.4 is 5.56 Å². The van der Waals surface area contributed by atoms with Gasteiger partial charge in [0.05, 0.1) is 11.3 Å². The number of aryl methyl sites for hydroxylation is 3. The summed E-state index contributed by atoms with van der Waals surface area (Å²) in [4.78, 5) is 12.9. The summed E-state index contributed by atoms with van der Waals surface area (Å²) in [6.45, 7) is 6.13. The van der Waals surface area contributed by atoms with E-state index in [0.29, 0.717) is 0 Å². The lowest BCUT2D eigenvalue weighted by Gasteiger charge is -2.02. The Kier molecular flexibility index (Phi) is 3.72. The van der Waals surface area contributed by atoms with Gasteiger partial charge >= 0.3 is 0 Å². The third kappa shape index (κ3) is 2.50. The van der Waals surface area contributed by atoms with E-state index in [1.807, 2.05) is 62.4 Å². The number of aromatic amines is 1. The average Bonchev–Trinajstić information content (AvgIpc) is 2.85. The van der Waals surface area contributed by atoms with Crippen molar-refractivity contribution in [1.82, 2.24) is 9.78 Å². The first-order chi connectivity index (χ1) is 10.6. The van der Waals surface area contributed by atoms with Gasteiger partial charge < -0.3 is 0 Å². The third-order valence-corrected chi connectivity index (χ3v) is 3.92. The average molecular weight is 292 g/mol. The lowest BCUT2D eigenvalue weighted by Crippen LogP contribution is -2.15. The number of rotatable bonds is 3. The summed E-state index contributed by atoms with van der Waals surface area (Å²) >= 11 is 0. The van der Waals surface area contributed by atoms with Crippen molar-refractivity contribution < 1.29 is 0 Å². The largest absolute Gasteiger partial charge is 0.294 e. The molecule has 0 atom stereocenters. The fraction of sp³-hybridized carbons (Fsp3) is 0.211. The molecule has 1 heterocycles. The molecule has 0 unspecified atom stereocenters. The van der Waals surface area contributed by atoms with E-state index in [4.69, 9.17) is 0 Å². The molecule has 0 fully saturated rings. The molecule has 0 aliphatic rings. The van der Waals surface area contributed by atoms with Crippen molar-refractivity contribution in [2.24, 2.45) is 0 Å². The van der Waals surface area contributed by atoms with Crippen molar-refractivity contribution in [2.75, 3.05) is 0 Å². The van der Waals surface area contributed by atoms with Crippen LogP contribution in [-0.4, -0.2) is 9.78 Å². The number of benzene rings is 2. The molecular formula is C19H20N2O. The summed E-state index contributed by atoms with van der Waals surface area (Å²) in [6, 6.07) is 16.1. The quantitative estimate of drug-likeness (QED) is 0.778. The van der Waals surface area contributed by atoms with E-state index in [0.717, 1.165) is 34.5 Å². The summed E-state index contributed by atoms with van der Waals surface area (Å²) in [5, 5.41) is 3.26. The van der Waals surface area contributed by atoms with Crippen molar-refractivity contribution >= 4 is 0 Å². The van der Waals surface area contributed by atoms with E-state index in [9.17, 15) is 4.79 Å². The van der Waals surface area contributed by atoms with E-state index in [-0.39, 0.29) is 5.56 Å². The number of aromatic nitrogens is 2. The van der Waals surface area contributed by atoms with Crippen LogP contribution in [0.2, 0.25) is 0 Å². The van der Waals surface area contributed by atoms with Gasteiger partial charge in [0.25, 0.3) is 5.56 Å². The van der Waals surface area contributed by atoms with Gasteiger partial charge in [-0.3, -0.25) is 9.89 Å². The molecule has 3 nitrogen and oxygen atoms in total. The predicted molar refractivity (Wildman–Crippen MR) is 90.7 cm³/mol. The molecule has 0 spiro atoms. The summed E-state index contributed by atoms with van der Waals surface area (Å²) < 4.78 is 1.64. The second kappa shape index (κ2) is 5.68. The molecule has 3 rings (SSSR count). The van der Waals surface area contributed by atoms with Gasteiger partial charge in [-0.15, -0.1) is 0 Å². The van der Waals surface area contributed by atoms with Crippen LogP contribution in [0.4, 0.5) is 0 Å². The Morgan fingerprint density at radius 2 is 1.73 bits per heavy atom. The second-order valence-electron chi connectivity index (χ2n) is 5.66. The second-order valence-corrected chi connectivity index (χ2v) is 5.66. The number of hydrogen-bond acceptors (Lipinski definition) is 1. The lowest BCUT2D eigenvalue weighted by molar-refractivity contribution is 0.818. The molecule has 3 aromatic rings. The maximum Gasteiger partial charge on any atom is 0.279 e. The van der Waals surface area contributed by atoms with E-state index in [2.05, 4.69) is 12.0 Å². The van der Waals surface area contributed by atoms with Crippen LogP contribution in [0.3, 0.4) is 0 Å². The van der Waals surface area contributed by atoms with Crippen LogP contribution in [0.25, 0.3) is 16.8 Å². The first-order valence-corrected chi connectivity index (χ1v) is 7.58. The van der Waals surface area contributed by atoms with Crippen molar-refractivity contribution in [3.05, 3.63) is 75.7 Å². The van der Waals surface area contributed by atoms with Gasteiger partial charge in [-0.25, -0.2) is 4.68 Å². The molecule has 1 aromatic heterocycles. The maximum atomic E-state index is 12.9. The van der Waals surface area contributed by atoms with Gasteiger partial charge in [0, 0.05) is 5.69 Å². The van der Waals surface area contributed by atoms with Gasteiger partial charge in [0.2, 0.25) is 0 Å². The SMILES string of the molecule is CCc1[nH]n(-c2cccc(C)c2)c(=O)c1-c1ccc(C)cc1. The Balaban J connectivity index is 2.20. The number of nitrogens with one attached hydrogen (secondary N) is 1. The van der Waals surface area contributed by atoms with Crippen molar-refractivity contribution in [2.45, 2.75) is 27.2 Å². The van der Waals surface area contributed by atoms with Crippen LogP contribution >= 0.6 is 0 Å². The normalized spacial score (nSPS) is 10.9. The Bertz CT molecular complexity index is 854. The van der Waals surface area contributed by atoms with E-state index >= 15 is 0 Å². The zero-order chi connectivity index (χ0) is 15.7. The molecule has 1 N–H and O–H groups in total. The first kappa shape index (κ1) is 14.4. The molecule has 0 aliphatic carbocycles. The van der Waals surface area contributed by atoms with Gasteiger partial charge in [-0.05, 0) is 43.5 Å². The molecule has 22 heavy (non-hydrogen) atoms. The molecule has 0 bridgehead atoms. The predicted octanol–water partition coefficient (Wildman–Crippen LogP) is 4.01. The molecule has 3 heteroatoms. The monoisotopic (exact) mass is 292 g/mol. The van der Waals surface area contributed by atoms with Gasteiger partial charge in [0.15, 0.2) is 0 Å². The summed E-state index contributed by atoms with van der Waals surface area (Å²) in [5.41, 5.74) is 5.91. The number of nitrogens with zero attached hydrogens (tertiary/aromatic N) is 1. The minimum atomic E-state index is 0.00584. The fourth-order valence-electron chi connectivity index (χ4n) is 2.71. The lowest BCUT2D eigenvalue weighted by atomic mass is 10.0. The summed E-state index contributed by atoms with van der Waals surface area (Å²) in [6.07, 6.45) is 0.789. The summed E-state index contributed by atoms with van der Waals surface area (Å²) in [5.74, 6) is 0. The molecule has 0 saturated heterocycles. The Hall–Kier alpha value is -2.55. The third-order valence-electron chi connectivity index (χ3n) is 3.92. The minimum absolute atomic E-state index is 0.00584. The highest BCUT2D eigenvalue weighted by molar-refractivity contribution is 5.66. The first-order valence-electron chi connectivity index (χ1n) is 7.58. The zero-order valence-electron chi connectivity index (χ0n) is 13.2. The standard InChI is InChI=1S/C19H20N2O/c1-4-17-18(15-10-8-13(2)9-11-15)19(22)21(20-17)16-7-5-6-14(3)12-16/h5-12,20H,4H2,1-3H3. The smallest absolute Gasteiger partial charge is 0.279 e. The van der Waals surface area contributed by atoms with E-state index in [1.54, 1.807) is 4.68 Å². The van der Waals surface area contributed by atoms with Gasteiger partial charge in [-0.2, -0.15) is 0 Å². The summed E-state index contributed by atoms with van der Waals surface area (Å²) in [7, 11) is 0. The molecule has 0 radical (unpaired) electrons. The number of hydrogen-bond donors (Lipinski definition) is 1. The van der Waals surface area contributed by atoms with E-state index < -0.39 is 0 Å². The zero-order valence-corrected chi connectivity index (χ0v) is 13.2. The van der Waals surface area contributed by atoms with Crippen molar-refractivity contribution in [1.29, 1.82) is 0 Å². The van der Waals surface area contributed by atoms with Crippen LogP contribution in [0, 0.1) is 13.8 Å². The molecule has 2 aromatic carbocycles. The molecular weight excluding hydrogens is 272 g/mol. The van der Waals surface area contributed by atoms with Crippen molar-refractivity contribution in [3.63, 3.8) is 0 Å². The topological polar surface area (TPSA) is 37.8 Å². The molecule has 0 aliphatic heterocycles. The van der Waals surface area contributed by atoms with Gasteiger partial charge in [-0.1, -0.05) is 48.9 Å². The Morgan fingerprint density at radius 1 is 1.00 bits per heavy atom. The highest BCUT2D eigenvalue weighted by Crippen LogP contribution is 2.21. The van der Waals surface area contributed by atoms with Crippen molar-refractivity contribution in [3.8, 4) is 16.8 Å².